The van der Waals surface area contributed by atoms with E-state index in [0.717, 1.165) is 18.0 Å². The standard InChI is InChI=1S/C15H23NO3/c1-11(9-17)10-19-15-7-12(3-6-14(15)18-2)8-16-13-4-5-13/h3,6-7,11,13,16-17H,4-5,8-10H2,1-2H3. The van der Waals surface area contributed by atoms with Crippen LogP contribution in [0.15, 0.2) is 18.2 Å². The van der Waals surface area contributed by atoms with Gasteiger partial charge in [-0.1, -0.05) is 13.0 Å². The molecule has 1 saturated carbocycles. The van der Waals surface area contributed by atoms with Gasteiger partial charge in [0.05, 0.1) is 13.7 Å². The van der Waals surface area contributed by atoms with E-state index in [9.17, 15) is 0 Å². The fraction of sp³-hybridized carbons (Fsp3) is 0.600. The Bertz CT molecular complexity index is 404. The van der Waals surface area contributed by atoms with E-state index in [0.29, 0.717) is 12.6 Å². The molecule has 1 aromatic carbocycles. The Hall–Kier alpha value is -1.26. The van der Waals surface area contributed by atoms with E-state index < -0.39 is 0 Å². The Balaban J connectivity index is 1.97. The van der Waals surface area contributed by atoms with Crippen LogP contribution in [0.3, 0.4) is 0 Å². The monoisotopic (exact) mass is 265 g/mol. The minimum atomic E-state index is 0.123. The SMILES string of the molecule is COc1ccc(CNC2CC2)cc1OCC(C)CO. The number of methoxy groups -OCH3 is 1. The molecule has 1 atom stereocenters. The molecular formula is C15H23NO3. The van der Waals surface area contributed by atoms with Crippen molar-refractivity contribution in [2.45, 2.75) is 32.4 Å². The van der Waals surface area contributed by atoms with Gasteiger partial charge in [-0.25, -0.2) is 0 Å². The zero-order valence-corrected chi connectivity index (χ0v) is 11.7. The second-order valence-electron chi connectivity index (χ2n) is 5.24. The summed E-state index contributed by atoms with van der Waals surface area (Å²) in [5, 5.41) is 12.5. The number of hydrogen-bond acceptors (Lipinski definition) is 4. The third-order valence-corrected chi connectivity index (χ3v) is 3.24. The van der Waals surface area contributed by atoms with Gasteiger partial charge < -0.3 is 19.9 Å². The molecule has 1 aliphatic rings. The minimum Gasteiger partial charge on any atom is -0.493 e. The Kier molecular flexibility index (Phi) is 5.05. The normalized spacial score (nSPS) is 16.2. The summed E-state index contributed by atoms with van der Waals surface area (Å²) in [7, 11) is 1.64. The van der Waals surface area contributed by atoms with Gasteiger partial charge in [0, 0.05) is 25.1 Å². The molecule has 4 heteroatoms. The van der Waals surface area contributed by atoms with Gasteiger partial charge in [0.15, 0.2) is 11.5 Å². The van der Waals surface area contributed by atoms with E-state index in [1.54, 1.807) is 7.11 Å². The highest BCUT2D eigenvalue weighted by atomic mass is 16.5. The van der Waals surface area contributed by atoms with Crippen LogP contribution in [0.2, 0.25) is 0 Å². The zero-order valence-electron chi connectivity index (χ0n) is 11.7. The Morgan fingerprint density at radius 2 is 2.16 bits per heavy atom. The number of rotatable bonds is 8. The molecule has 4 nitrogen and oxygen atoms in total. The molecule has 0 aliphatic heterocycles. The molecule has 0 amide bonds. The molecule has 2 rings (SSSR count). The van der Waals surface area contributed by atoms with Crippen molar-refractivity contribution in [1.82, 2.24) is 5.32 Å². The number of aliphatic hydroxyl groups is 1. The lowest BCUT2D eigenvalue weighted by Crippen LogP contribution is -2.16. The molecule has 0 spiro atoms. The molecule has 0 bridgehead atoms. The first-order chi connectivity index (χ1) is 9.22. The molecule has 1 aliphatic carbocycles. The average Bonchev–Trinajstić information content (AvgIpc) is 3.26. The summed E-state index contributed by atoms with van der Waals surface area (Å²) in [6.45, 7) is 3.43. The first kappa shape index (κ1) is 14.2. The van der Waals surface area contributed by atoms with Crippen molar-refractivity contribution in [3.8, 4) is 11.5 Å². The van der Waals surface area contributed by atoms with Crippen molar-refractivity contribution in [2.24, 2.45) is 5.92 Å². The number of hydrogen-bond donors (Lipinski definition) is 2. The second-order valence-corrected chi connectivity index (χ2v) is 5.24. The Morgan fingerprint density at radius 3 is 2.79 bits per heavy atom. The smallest absolute Gasteiger partial charge is 0.161 e. The van der Waals surface area contributed by atoms with E-state index in [1.165, 1.54) is 18.4 Å². The summed E-state index contributed by atoms with van der Waals surface area (Å²) < 4.78 is 11.0. The maximum absolute atomic E-state index is 9.02. The van der Waals surface area contributed by atoms with E-state index in [2.05, 4.69) is 11.4 Å². The van der Waals surface area contributed by atoms with Gasteiger partial charge in [-0.2, -0.15) is 0 Å². The van der Waals surface area contributed by atoms with Gasteiger partial charge in [-0.15, -0.1) is 0 Å². The fourth-order valence-electron chi connectivity index (χ4n) is 1.78. The van der Waals surface area contributed by atoms with Gasteiger partial charge in [-0.05, 0) is 30.5 Å². The van der Waals surface area contributed by atoms with Gasteiger partial charge in [-0.3, -0.25) is 0 Å². The number of benzene rings is 1. The third-order valence-electron chi connectivity index (χ3n) is 3.24. The van der Waals surface area contributed by atoms with E-state index in [1.807, 2.05) is 19.1 Å². The summed E-state index contributed by atoms with van der Waals surface area (Å²) in [6.07, 6.45) is 2.57. The van der Waals surface area contributed by atoms with Crippen LogP contribution in [-0.2, 0) is 6.54 Å². The predicted octanol–water partition coefficient (Wildman–Crippen LogP) is 1.95. The van der Waals surface area contributed by atoms with Crippen molar-refractivity contribution in [3.05, 3.63) is 23.8 Å². The number of nitrogens with one attached hydrogen (secondary N) is 1. The Labute approximate surface area is 114 Å². The molecular weight excluding hydrogens is 242 g/mol. The third kappa shape index (κ3) is 4.40. The zero-order chi connectivity index (χ0) is 13.7. The van der Waals surface area contributed by atoms with Gasteiger partial charge >= 0.3 is 0 Å². The summed E-state index contributed by atoms with van der Waals surface area (Å²) in [4.78, 5) is 0. The summed E-state index contributed by atoms with van der Waals surface area (Å²) in [5.41, 5.74) is 1.19. The maximum Gasteiger partial charge on any atom is 0.161 e. The van der Waals surface area contributed by atoms with E-state index in [4.69, 9.17) is 14.6 Å². The molecule has 0 heterocycles. The van der Waals surface area contributed by atoms with Gasteiger partial charge in [0.1, 0.15) is 0 Å². The lowest BCUT2D eigenvalue weighted by atomic mass is 10.2. The molecule has 0 saturated heterocycles. The van der Waals surface area contributed by atoms with Crippen LogP contribution in [0.1, 0.15) is 25.3 Å². The van der Waals surface area contributed by atoms with Gasteiger partial charge in [0.25, 0.3) is 0 Å². The topological polar surface area (TPSA) is 50.7 Å². The lowest BCUT2D eigenvalue weighted by molar-refractivity contribution is 0.171. The van der Waals surface area contributed by atoms with Crippen molar-refractivity contribution in [1.29, 1.82) is 0 Å². The van der Waals surface area contributed by atoms with Crippen LogP contribution in [0.5, 0.6) is 11.5 Å². The predicted molar refractivity (Wildman–Crippen MR) is 74.6 cm³/mol. The average molecular weight is 265 g/mol. The molecule has 0 aromatic heterocycles. The van der Waals surface area contributed by atoms with Crippen molar-refractivity contribution in [3.63, 3.8) is 0 Å². The molecule has 0 radical (unpaired) electrons. The van der Waals surface area contributed by atoms with Crippen LogP contribution in [0, 0.1) is 5.92 Å². The largest absolute Gasteiger partial charge is 0.493 e. The minimum absolute atomic E-state index is 0.123. The molecule has 1 aromatic rings. The van der Waals surface area contributed by atoms with E-state index in [-0.39, 0.29) is 12.5 Å². The van der Waals surface area contributed by atoms with Crippen LogP contribution < -0.4 is 14.8 Å². The fourth-order valence-corrected chi connectivity index (χ4v) is 1.78. The molecule has 1 unspecified atom stereocenters. The summed E-state index contributed by atoms with van der Waals surface area (Å²) in [6, 6.07) is 6.69. The lowest BCUT2D eigenvalue weighted by Gasteiger charge is -2.15. The van der Waals surface area contributed by atoms with Crippen molar-refractivity contribution in [2.75, 3.05) is 20.3 Å². The summed E-state index contributed by atoms with van der Waals surface area (Å²) >= 11 is 0. The first-order valence-electron chi connectivity index (χ1n) is 6.87. The van der Waals surface area contributed by atoms with Crippen LogP contribution in [0.25, 0.3) is 0 Å². The molecule has 1 fully saturated rings. The van der Waals surface area contributed by atoms with Crippen LogP contribution >= 0.6 is 0 Å². The van der Waals surface area contributed by atoms with Gasteiger partial charge in [0.2, 0.25) is 0 Å². The quantitative estimate of drug-likeness (QED) is 0.754. The van der Waals surface area contributed by atoms with Crippen LogP contribution in [0.4, 0.5) is 0 Å². The van der Waals surface area contributed by atoms with Crippen LogP contribution in [-0.4, -0.2) is 31.5 Å². The number of ether oxygens (including phenoxy) is 2. The Morgan fingerprint density at radius 1 is 1.37 bits per heavy atom. The maximum atomic E-state index is 9.02. The highest BCUT2D eigenvalue weighted by Gasteiger charge is 2.20. The molecule has 106 valence electrons. The summed E-state index contributed by atoms with van der Waals surface area (Å²) in [5.74, 6) is 1.61. The highest BCUT2D eigenvalue weighted by Crippen LogP contribution is 2.29. The first-order valence-corrected chi connectivity index (χ1v) is 6.87. The van der Waals surface area contributed by atoms with Crippen molar-refractivity contribution >= 4 is 0 Å². The highest BCUT2D eigenvalue weighted by molar-refractivity contribution is 5.43. The van der Waals surface area contributed by atoms with E-state index >= 15 is 0 Å². The molecule has 19 heavy (non-hydrogen) atoms. The molecule has 2 N–H and O–H groups in total. The number of aliphatic hydroxyl groups excluding tert-OH is 1. The second kappa shape index (κ2) is 6.78. The van der Waals surface area contributed by atoms with Crippen molar-refractivity contribution < 1.29 is 14.6 Å².